The van der Waals surface area contributed by atoms with E-state index in [1.54, 1.807) is 36.7 Å². The molecule has 0 aliphatic rings. The molecule has 23 heavy (non-hydrogen) atoms. The molecule has 0 bridgehead atoms. The third-order valence-electron chi connectivity index (χ3n) is 3.32. The van der Waals surface area contributed by atoms with Gasteiger partial charge >= 0.3 is 0 Å². The molecule has 0 spiro atoms. The maximum absolute atomic E-state index is 12.1. The summed E-state index contributed by atoms with van der Waals surface area (Å²) in [6.45, 7) is 0. The van der Waals surface area contributed by atoms with Crippen LogP contribution < -0.4 is 5.32 Å². The van der Waals surface area contributed by atoms with Crippen molar-refractivity contribution in [1.29, 1.82) is 0 Å². The number of halogens is 2. The summed E-state index contributed by atoms with van der Waals surface area (Å²) in [7, 11) is 0. The van der Waals surface area contributed by atoms with Crippen molar-refractivity contribution in [2.45, 2.75) is 0 Å². The van der Waals surface area contributed by atoms with E-state index < -0.39 is 0 Å². The Kier molecular flexibility index (Phi) is 4.60. The molecule has 0 unspecified atom stereocenters. The number of nitrogens with zero attached hydrogens (tertiary/aromatic N) is 1. The molecule has 2 aromatic carbocycles. The number of fused-ring (bicyclic) bond motifs is 1. The van der Waals surface area contributed by atoms with Gasteiger partial charge in [0.15, 0.2) is 0 Å². The van der Waals surface area contributed by atoms with Crippen LogP contribution in [0.2, 0.25) is 10.0 Å². The van der Waals surface area contributed by atoms with Gasteiger partial charge in [0.2, 0.25) is 5.91 Å². The first-order chi connectivity index (χ1) is 11.1. The third kappa shape index (κ3) is 3.70. The molecule has 0 saturated heterocycles. The van der Waals surface area contributed by atoms with Crippen molar-refractivity contribution in [1.82, 2.24) is 4.98 Å². The number of amides is 1. The highest BCUT2D eigenvalue weighted by molar-refractivity contribution is 6.35. The van der Waals surface area contributed by atoms with Crippen LogP contribution in [0.4, 0.5) is 5.69 Å². The second kappa shape index (κ2) is 6.82. The molecular weight excluding hydrogens is 331 g/mol. The highest BCUT2D eigenvalue weighted by Gasteiger charge is 2.04. The Hall–Kier alpha value is -2.36. The lowest BCUT2D eigenvalue weighted by Gasteiger charge is -2.06. The fourth-order valence-electron chi connectivity index (χ4n) is 2.21. The van der Waals surface area contributed by atoms with Crippen LogP contribution in [0.3, 0.4) is 0 Å². The van der Waals surface area contributed by atoms with E-state index in [-0.39, 0.29) is 5.91 Å². The largest absolute Gasteiger partial charge is 0.322 e. The molecule has 0 fully saturated rings. The van der Waals surface area contributed by atoms with Gasteiger partial charge in [-0.3, -0.25) is 9.78 Å². The normalized spacial score (nSPS) is 11.0. The van der Waals surface area contributed by atoms with E-state index in [0.717, 1.165) is 22.0 Å². The van der Waals surface area contributed by atoms with Gasteiger partial charge in [-0.15, -0.1) is 0 Å². The topological polar surface area (TPSA) is 42.0 Å². The number of rotatable bonds is 3. The molecule has 0 radical (unpaired) electrons. The summed E-state index contributed by atoms with van der Waals surface area (Å²) in [4.78, 5) is 16.2. The molecule has 0 saturated carbocycles. The van der Waals surface area contributed by atoms with Crippen LogP contribution in [0.25, 0.3) is 16.8 Å². The van der Waals surface area contributed by atoms with Crippen molar-refractivity contribution in [3.63, 3.8) is 0 Å². The van der Waals surface area contributed by atoms with Crippen molar-refractivity contribution < 1.29 is 4.79 Å². The predicted molar refractivity (Wildman–Crippen MR) is 95.9 cm³/mol. The Morgan fingerprint density at radius 1 is 1.13 bits per heavy atom. The minimum absolute atomic E-state index is 0.236. The van der Waals surface area contributed by atoms with Gasteiger partial charge in [-0.1, -0.05) is 41.4 Å². The minimum Gasteiger partial charge on any atom is -0.322 e. The summed E-state index contributed by atoms with van der Waals surface area (Å²) < 4.78 is 0. The van der Waals surface area contributed by atoms with E-state index in [1.165, 1.54) is 6.08 Å². The lowest BCUT2D eigenvalue weighted by molar-refractivity contribution is -0.111. The van der Waals surface area contributed by atoms with E-state index in [2.05, 4.69) is 10.3 Å². The fourth-order valence-corrected chi connectivity index (χ4v) is 2.68. The van der Waals surface area contributed by atoms with Gasteiger partial charge in [0.05, 0.1) is 0 Å². The first-order valence-corrected chi connectivity index (χ1v) is 7.66. The van der Waals surface area contributed by atoms with Crippen LogP contribution in [0, 0.1) is 0 Å². The monoisotopic (exact) mass is 342 g/mol. The fraction of sp³-hybridized carbons (Fsp3) is 0. The van der Waals surface area contributed by atoms with E-state index in [0.29, 0.717) is 10.0 Å². The molecular formula is C18H12Cl2N2O. The number of aromatic nitrogens is 1. The first kappa shape index (κ1) is 15.5. The van der Waals surface area contributed by atoms with Crippen LogP contribution in [-0.4, -0.2) is 10.9 Å². The van der Waals surface area contributed by atoms with Crippen LogP contribution >= 0.6 is 23.2 Å². The highest BCUT2D eigenvalue weighted by atomic mass is 35.5. The zero-order valence-corrected chi connectivity index (χ0v) is 13.5. The molecule has 1 aromatic heterocycles. The summed E-state index contributed by atoms with van der Waals surface area (Å²) in [5, 5.41) is 5.82. The van der Waals surface area contributed by atoms with E-state index in [1.807, 2.05) is 24.3 Å². The number of pyridine rings is 1. The van der Waals surface area contributed by atoms with E-state index in [4.69, 9.17) is 23.2 Å². The number of hydrogen-bond donors (Lipinski definition) is 1. The van der Waals surface area contributed by atoms with Crippen LogP contribution in [0.15, 0.2) is 60.9 Å². The highest BCUT2D eigenvalue weighted by Crippen LogP contribution is 2.23. The lowest BCUT2D eigenvalue weighted by atomic mass is 10.1. The average Bonchev–Trinajstić information content (AvgIpc) is 2.54. The number of anilines is 1. The van der Waals surface area contributed by atoms with Crippen molar-refractivity contribution in [3.8, 4) is 0 Å². The molecule has 3 nitrogen and oxygen atoms in total. The maximum Gasteiger partial charge on any atom is 0.248 e. The van der Waals surface area contributed by atoms with Crippen molar-refractivity contribution >= 4 is 51.6 Å². The Morgan fingerprint density at radius 3 is 2.83 bits per heavy atom. The smallest absolute Gasteiger partial charge is 0.248 e. The van der Waals surface area contributed by atoms with Gasteiger partial charge in [0, 0.05) is 45.0 Å². The Bertz CT molecular complexity index is 901. The third-order valence-corrected chi connectivity index (χ3v) is 3.88. The predicted octanol–water partition coefficient (Wildman–Crippen LogP) is 5.19. The molecule has 0 atom stereocenters. The standard InChI is InChI=1S/C18H12Cl2N2O/c19-14-6-4-12(16(20)10-14)5-7-18(23)22-17-3-1-2-13-11-21-9-8-15(13)17/h1-11H,(H,22,23). The molecule has 1 N–H and O–H groups in total. The van der Waals surface area contributed by atoms with Crippen LogP contribution in [-0.2, 0) is 4.79 Å². The summed E-state index contributed by atoms with van der Waals surface area (Å²) >= 11 is 11.9. The van der Waals surface area contributed by atoms with Gasteiger partial charge in [0.25, 0.3) is 0 Å². The summed E-state index contributed by atoms with van der Waals surface area (Å²) in [6, 6.07) is 12.7. The molecule has 3 rings (SSSR count). The zero-order valence-electron chi connectivity index (χ0n) is 12.0. The number of benzene rings is 2. The average molecular weight is 343 g/mol. The Labute approximate surface area is 143 Å². The van der Waals surface area contributed by atoms with Crippen molar-refractivity contribution in [2.24, 2.45) is 0 Å². The molecule has 114 valence electrons. The second-order valence-electron chi connectivity index (χ2n) is 4.89. The zero-order chi connectivity index (χ0) is 16.2. The summed E-state index contributed by atoms with van der Waals surface area (Å²) in [6.07, 6.45) is 6.55. The van der Waals surface area contributed by atoms with Gasteiger partial charge in [-0.05, 0) is 35.9 Å². The second-order valence-corrected chi connectivity index (χ2v) is 5.73. The van der Waals surface area contributed by atoms with E-state index in [9.17, 15) is 4.79 Å². The molecule has 1 heterocycles. The van der Waals surface area contributed by atoms with Crippen LogP contribution in [0.5, 0.6) is 0 Å². The van der Waals surface area contributed by atoms with Gasteiger partial charge in [-0.2, -0.15) is 0 Å². The quantitative estimate of drug-likeness (QED) is 0.665. The summed E-state index contributed by atoms with van der Waals surface area (Å²) in [5.41, 5.74) is 1.47. The van der Waals surface area contributed by atoms with Crippen LogP contribution in [0.1, 0.15) is 5.56 Å². The maximum atomic E-state index is 12.1. The summed E-state index contributed by atoms with van der Waals surface area (Å²) in [5.74, 6) is -0.236. The lowest BCUT2D eigenvalue weighted by Crippen LogP contribution is -2.08. The molecule has 1 amide bonds. The Balaban J connectivity index is 1.80. The van der Waals surface area contributed by atoms with Gasteiger partial charge < -0.3 is 5.32 Å². The molecule has 5 heteroatoms. The first-order valence-electron chi connectivity index (χ1n) is 6.90. The number of nitrogens with one attached hydrogen (secondary N) is 1. The van der Waals surface area contributed by atoms with Gasteiger partial charge in [-0.25, -0.2) is 0 Å². The SMILES string of the molecule is O=C(C=Cc1ccc(Cl)cc1Cl)Nc1cccc2cnccc12. The number of hydrogen-bond acceptors (Lipinski definition) is 2. The van der Waals surface area contributed by atoms with Gasteiger partial charge in [0.1, 0.15) is 0 Å². The molecule has 0 aliphatic carbocycles. The number of carbonyl (C=O) groups excluding carboxylic acids is 1. The molecule has 0 aliphatic heterocycles. The van der Waals surface area contributed by atoms with Crippen molar-refractivity contribution in [3.05, 3.63) is 76.5 Å². The van der Waals surface area contributed by atoms with Crippen molar-refractivity contribution in [2.75, 3.05) is 5.32 Å². The van der Waals surface area contributed by atoms with E-state index >= 15 is 0 Å². The minimum atomic E-state index is -0.236. The number of carbonyl (C=O) groups is 1. The molecule has 3 aromatic rings. The Morgan fingerprint density at radius 2 is 2.00 bits per heavy atom.